The third kappa shape index (κ3) is 2.47. The zero-order valence-corrected chi connectivity index (χ0v) is 14.9. The zero-order valence-electron chi connectivity index (χ0n) is 14.1. The van der Waals surface area contributed by atoms with Crippen molar-refractivity contribution in [1.82, 2.24) is 14.5 Å². The van der Waals surface area contributed by atoms with Crippen LogP contribution in [0.1, 0.15) is 13.2 Å². The molecule has 0 spiro atoms. The molecule has 1 amide bonds. The third-order valence-electron chi connectivity index (χ3n) is 4.71. The largest absolute Gasteiger partial charge is 0.394 e. The van der Waals surface area contributed by atoms with Crippen molar-refractivity contribution in [2.75, 3.05) is 30.0 Å². The van der Waals surface area contributed by atoms with Gasteiger partial charge >= 0.3 is 0 Å². The Morgan fingerprint density at radius 3 is 2.92 bits per heavy atom. The fourth-order valence-corrected chi connectivity index (χ4v) is 3.73. The predicted octanol–water partition coefficient (Wildman–Crippen LogP) is -0.481. The van der Waals surface area contributed by atoms with Crippen LogP contribution >= 0.6 is 11.8 Å². The molecule has 0 bridgehead atoms. The van der Waals surface area contributed by atoms with Crippen LogP contribution in [-0.2, 0) is 9.53 Å². The molecule has 1 saturated heterocycles. The lowest BCUT2D eigenvalue weighted by Gasteiger charge is -2.27. The fraction of sp³-hybridized carbons (Fsp3) is 0.533. The summed E-state index contributed by atoms with van der Waals surface area (Å²) in [6, 6.07) is 0. The molecule has 4 atom stereocenters. The number of amides is 1. The van der Waals surface area contributed by atoms with Gasteiger partial charge in [0.25, 0.3) is 0 Å². The number of aliphatic hydroxyl groups is 3. The maximum absolute atomic E-state index is 12.0. The van der Waals surface area contributed by atoms with Crippen LogP contribution in [0.15, 0.2) is 11.4 Å². The number of rotatable bonds is 3. The molecular formula is C15H19N5O5S. The van der Waals surface area contributed by atoms with E-state index in [0.717, 1.165) is 0 Å². The molecule has 0 saturated carbocycles. The molecule has 10 nitrogen and oxygen atoms in total. The summed E-state index contributed by atoms with van der Waals surface area (Å²) in [5, 5.41) is 37.3. The second-order valence-corrected chi connectivity index (χ2v) is 7.26. The first-order valence-electron chi connectivity index (χ1n) is 8.04. The normalized spacial score (nSPS) is 31.0. The molecule has 5 N–H and O–H groups in total. The minimum absolute atomic E-state index is 0.0809. The number of thioether (sulfide) groups is 1. The van der Waals surface area contributed by atoms with Crippen LogP contribution in [-0.4, -0.2) is 73.0 Å². The highest BCUT2D eigenvalue weighted by molar-refractivity contribution is 7.98. The van der Waals surface area contributed by atoms with E-state index in [1.165, 1.54) is 18.7 Å². The number of ether oxygens (including phenoxy) is 1. The maximum Gasteiger partial charge on any atom is 0.243 e. The summed E-state index contributed by atoms with van der Waals surface area (Å²) < 4.78 is 7.25. The van der Waals surface area contributed by atoms with Crippen LogP contribution in [0.5, 0.6) is 0 Å². The van der Waals surface area contributed by atoms with Crippen molar-refractivity contribution in [3.05, 3.63) is 6.20 Å². The maximum atomic E-state index is 12.0. The van der Waals surface area contributed by atoms with Crippen LogP contribution in [0.4, 0.5) is 11.5 Å². The number of aliphatic hydroxyl groups excluding tert-OH is 2. The number of anilines is 2. The molecule has 0 aromatic carbocycles. The summed E-state index contributed by atoms with van der Waals surface area (Å²) in [6.07, 6.45) is 0.220. The molecule has 0 aliphatic carbocycles. The minimum atomic E-state index is -1.66. The van der Waals surface area contributed by atoms with Gasteiger partial charge in [-0.25, -0.2) is 9.97 Å². The van der Waals surface area contributed by atoms with Crippen LogP contribution < -0.4 is 10.6 Å². The van der Waals surface area contributed by atoms with E-state index < -0.39 is 30.6 Å². The first kappa shape index (κ1) is 17.5. The van der Waals surface area contributed by atoms with E-state index in [2.05, 4.69) is 20.6 Å². The van der Waals surface area contributed by atoms with Crippen molar-refractivity contribution in [3.8, 4) is 0 Å². The summed E-state index contributed by atoms with van der Waals surface area (Å²) in [7, 11) is 0. The number of carbonyl (C=O) groups is 1. The van der Waals surface area contributed by atoms with E-state index in [1.807, 2.05) is 6.26 Å². The molecule has 11 heteroatoms. The second kappa shape index (κ2) is 6.06. The van der Waals surface area contributed by atoms with E-state index in [1.54, 1.807) is 10.8 Å². The van der Waals surface area contributed by atoms with Gasteiger partial charge in [0.1, 0.15) is 23.6 Å². The van der Waals surface area contributed by atoms with Gasteiger partial charge in [-0.2, -0.15) is 0 Å². The molecule has 1 fully saturated rings. The quantitative estimate of drug-likeness (QED) is 0.352. The average Bonchev–Trinajstić information content (AvgIpc) is 3.01. The van der Waals surface area contributed by atoms with Crippen molar-refractivity contribution in [3.63, 3.8) is 0 Å². The summed E-state index contributed by atoms with van der Waals surface area (Å²) in [4.78, 5) is 20.9. The fourth-order valence-electron chi connectivity index (χ4n) is 3.37. The molecule has 2 aliphatic heterocycles. The number of aromatic nitrogens is 3. The Morgan fingerprint density at radius 2 is 2.27 bits per heavy atom. The van der Waals surface area contributed by atoms with E-state index in [0.29, 0.717) is 27.7 Å². The number of nitrogens with one attached hydrogen (secondary N) is 2. The molecule has 2 aliphatic rings. The average molecular weight is 381 g/mol. The Balaban J connectivity index is 1.93. The van der Waals surface area contributed by atoms with E-state index in [4.69, 9.17) is 4.74 Å². The van der Waals surface area contributed by atoms with Crippen molar-refractivity contribution >= 4 is 40.2 Å². The van der Waals surface area contributed by atoms with Crippen molar-refractivity contribution in [2.45, 2.75) is 36.1 Å². The Bertz CT molecular complexity index is 885. The standard InChI is InChI=1S/C15H19N5O5S/c1-15(24)10(23)7(5-21)25-13(15)20-4-6-9-11(16-3-8(22)17-6)18-14(26-2)19-12(9)20/h4,7,10,13,21,23-24H,3,5H2,1-2H3,(H,17,22)(H,16,18,19)/t7-,10-,13?,15?/m1/s1. The smallest absolute Gasteiger partial charge is 0.243 e. The second-order valence-electron chi connectivity index (χ2n) is 6.49. The third-order valence-corrected chi connectivity index (χ3v) is 5.26. The Kier molecular flexibility index (Phi) is 4.08. The van der Waals surface area contributed by atoms with E-state index >= 15 is 0 Å². The molecule has 4 heterocycles. The van der Waals surface area contributed by atoms with E-state index in [-0.39, 0.29) is 12.5 Å². The lowest BCUT2D eigenvalue weighted by atomic mass is 9.96. The Labute approximate surface area is 152 Å². The molecule has 26 heavy (non-hydrogen) atoms. The van der Waals surface area contributed by atoms with Gasteiger partial charge < -0.3 is 35.3 Å². The lowest BCUT2D eigenvalue weighted by molar-refractivity contribution is -0.114. The number of carbonyl (C=O) groups excluding carboxylic acids is 1. The van der Waals surface area contributed by atoms with Crippen LogP contribution in [0.2, 0.25) is 0 Å². The van der Waals surface area contributed by atoms with Gasteiger partial charge in [0.15, 0.2) is 17.0 Å². The summed E-state index contributed by atoms with van der Waals surface area (Å²) in [5.41, 5.74) is -0.734. The van der Waals surface area contributed by atoms with Crippen molar-refractivity contribution < 1.29 is 24.9 Å². The Hall–Kier alpha value is -1.92. The molecule has 2 unspecified atom stereocenters. The molecule has 140 valence electrons. The molecule has 2 aromatic rings. The van der Waals surface area contributed by atoms with Crippen molar-refractivity contribution in [2.24, 2.45) is 0 Å². The van der Waals surface area contributed by atoms with Gasteiger partial charge in [0.05, 0.1) is 24.2 Å². The summed E-state index contributed by atoms with van der Waals surface area (Å²) in [6.45, 7) is 1.08. The summed E-state index contributed by atoms with van der Waals surface area (Å²) >= 11 is 1.34. The molecular weight excluding hydrogens is 362 g/mol. The number of hydrogen-bond acceptors (Lipinski definition) is 9. The van der Waals surface area contributed by atoms with Crippen LogP contribution in [0, 0.1) is 0 Å². The highest BCUT2D eigenvalue weighted by Gasteiger charge is 2.53. The zero-order chi connectivity index (χ0) is 18.6. The summed E-state index contributed by atoms with van der Waals surface area (Å²) in [5.74, 6) is 0.267. The van der Waals surface area contributed by atoms with Crippen LogP contribution in [0.3, 0.4) is 0 Å². The minimum Gasteiger partial charge on any atom is -0.394 e. The molecule has 2 aromatic heterocycles. The van der Waals surface area contributed by atoms with Gasteiger partial charge in [-0.1, -0.05) is 11.8 Å². The molecule has 4 rings (SSSR count). The SMILES string of the molecule is CSc1nc2c3c(cn(C4O[C@H](CO)[C@@H](O)C4(C)O)c3n1)NC(=O)CN2. The van der Waals surface area contributed by atoms with Gasteiger partial charge in [0.2, 0.25) is 5.91 Å². The topological polar surface area (TPSA) is 142 Å². The highest BCUT2D eigenvalue weighted by Crippen LogP contribution is 2.43. The monoisotopic (exact) mass is 381 g/mol. The van der Waals surface area contributed by atoms with Gasteiger partial charge in [0, 0.05) is 6.20 Å². The molecule has 0 radical (unpaired) electrons. The first-order chi connectivity index (χ1) is 12.4. The van der Waals surface area contributed by atoms with Crippen LogP contribution in [0.25, 0.3) is 11.0 Å². The lowest BCUT2D eigenvalue weighted by Crippen LogP contribution is -2.44. The first-order valence-corrected chi connectivity index (χ1v) is 9.26. The van der Waals surface area contributed by atoms with Gasteiger partial charge in [-0.05, 0) is 13.2 Å². The van der Waals surface area contributed by atoms with Gasteiger partial charge in [-0.3, -0.25) is 4.79 Å². The van der Waals surface area contributed by atoms with Gasteiger partial charge in [-0.15, -0.1) is 0 Å². The Morgan fingerprint density at radius 1 is 1.50 bits per heavy atom. The highest BCUT2D eigenvalue weighted by atomic mass is 32.2. The predicted molar refractivity (Wildman–Crippen MR) is 94.1 cm³/mol. The number of nitrogens with zero attached hydrogens (tertiary/aromatic N) is 3. The number of hydrogen-bond donors (Lipinski definition) is 5. The van der Waals surface area contributed by atoms with Crippen molar-refractivity contribution in [1.29, 1.82) is 0 Å². The van der Waals surface area contributed by atoms with E-state index in [9.17, 15) is 20.1 Å².